The molecular formula is C17H22N8OS2. The van der Waals surface area contributed by atoms with Crippen molar-refractivity contribution >= 4 is 46.1 Å². The molecule has 0 saturated carbocycles. The Morgan fingerprint density at radius 2 is 2.11 bits per heavy atom. The number of aromatic nitrogens is 6. The summed E-state index contributed by atoms with van der Waals surface area (Å²) >= 11 is 2.64. The molecule has 4 rings (SSSR count). The Kier molecular flexibility index (Phi) is 5.72. The number of carbonyl (C=O) groups excluding carboxylic acids is 1. The van der Waals surface area contributed by atoms with Crippen LogP contribution in [0.25, 0.3) is 11.0 Å². The lowest BCUT2D eigenvalue weighted by Gasteiger charge is -2.28. The first-order chi connectivity index (χ1) is 13.7. The Morgan fingerprint density at radius 1 is 1.29 bits per heavy atom. The zero-order chi connectivity index (χ0) is 19.5. The van der Waals surface area contributed by atoms with Crippen LogP contribution in [0.4, 0.5) is 5.82 Å². The summed E-state index contributed by atoms with van der Waals surface area (Å²) < 4.78 is 5.64. The van der Waals surface area contributed by atoms with E-state index in [-0.39, 0.29) is 5.91 Å². The summed E-state index contributed by atoms with van der Waals surface area (Å²) in [7, 11) is 0. The largest absolute Gasteiger partial charge is 0.356 e. The predicted octanol–water partition coefficient (Wildman–Crippen LogP) is 2.13. The van der Waals surface area contributed by atoms with Crippen LogP contribution in [0.2, 0.25) is 0 Å². The fraction of sp³-hybridized carbons (Fsp3) is 0.529. The normalized spacial score (nSPS) is 14.6. The van der Waals surface area contributed by atoms with E-state index >= 15 is 0 Å². The monoisotopic (exact) mass is 418 g/mol. The van der Waals surface area contributed by atoms with Gasteiger partial charge in [-0.15, -0.1) is 5.10 Å². The minimum atomic E-state index is -0.155. The van der Waals surface area contributed by atoms with E-state index in [4.69, 9.17) is 4.98 Å². The van der Waals surface area contributed by atoms with Crippen LogP contribution in [0.1, 0.15) is 34.6 Å². The van der Waals surface area contributed by atoms with E-state index in [1.54, 1.807) is 6.92 Å². The Balaban J connectivity index is 1.53. The third-order valence-corrected chi connectivity index (χ3v) is 6.14. The molecule has 148 valence electrons. The van der Waals surface area contributed by atoms with Crippen molar-refractivity contribution in [2.75, 3.05) is 30.8 Å². The molecule has 0 radical (unpaired) electrons. The lowest BCUT2D eigenvalue weighted by atomic mass is 10.1. The van der Waals surface area contributed by atoms with Crippen molar-refractivity contribution in [2.24, 2.45) is 0 Å². The van der Waals surface area contributed by atoms with Gasteiger partial charge in [-0.2, -0.15) is 5.10 Å². The highest BCUT2D eigenvalue weighted by Crippen LogP contribution is 2.28. The molecule has 28 heavy (non-hydrogen) atoms. The van der Waals surface area contributed by atoms with Gasteiger partial charge in [-0.3, -0.25) is 4.79 Å². The van der Waals surface area contributed by atoms with Crippen LogP contribution < -0.4 is 10.2 Å². The number of nitrogens with one attached hydrogen (secondary N) is 1. The molecule has 9 nitrogen and oxygen atoms in total. The van der Waals surface area contributed by atoms with Gasteiger partial charge < -0.3 is 10.2 Å². The fourth-order valence-corrected chi connectivity index (χ4v) is 4.25. The maximum absolute atomic E-state index is 12.2. The molecule has 3 aromatic rings. The van der Waals surface area contributed by atoms with Gasteiger partial charge in [0.15, 0.2) is 10.8 Å². The second kappa shape index (κ2) is 8.39. The minimum Gasteiger partial charge on any atom is -0.356 e. The summed E-state index contributed by atoms with van der Waals surface area (Å²) in [5.41, 5.74) is 1.46. The van der Waals surface area contributed by atoms with Gasteiger partial charge in [0.25, 0.3) is 5.91 Å². The molecule has 1 aliphatic rings. The lowest BCUT2D eigenvalue weighted by molar-refractivity contribution is 0.0955. The summed E-state index contributed by atoms with van der Waals surface area (Å²) in [5, 5.41) is 13.0. The average molecular weight is 419 g/mol. The second-order valence-electron chi connectivity index (χ2n) is 6.63. The average Bonchev–Trinajstić information content (AvgIpc) is 3.34. The molecule has 1 fully saturated rings. The number of fused-ring (bicyclic) bond motifs is 1. The number of aryl methyl sites for hydroxylation is 1. The highest BCUT2D eigenvalue weighted by molar-refractivity contribution is 7.98. The number of carbonyl (C=O) groups is 1. The number of piperidine rings is 1. The smallest absolute Gasteiger partial charge is 0.265 e. The van der Waals surface area contributed by atoms with Crippen molar-refractivity contribution in [3.8, 4) is 0 Å². The maximum Gasteiger partial charge on any atom is 0.265 e. The molecule has 0 unspecified atom stereocenters. The van der Waals surface area contributed by atoms with Crippen molar-refractivity contribution in [2.45, 2.75) is 37.9 Å². The van der Waals surface area contributed by atoms with E-state index in [2.05, 4.69) is 29.9 Å². The van der Waals surface area contributed by atoms with Crippen molar-refractivity contribution in [3.63, 3.8) is 0 Å². The highest BCUT2D eigenvalue weighted by Gasteiger charge is 2.20. The van der Waals surface area contributed by atoms with Crippen LogP contribution in [-0.2, 0) is 6.54 Å². The quantitative estimate of drug-likeness (QED) is 0.480. The molecule has 4 heterocycles. The number of anilines is 1. The van der Waals surface area contributed by atoms with E-state index in [0.717, 1.165) is 46.6 Å². The number of thioether (sulfide) groups is 1. The Bertz CT molecular complexity index is 979. The van der Waals surface area contributed by atoms with Crippen molar-refractivity contribution in [3.05, 3.63) is 16.8 Å². The van der Waals surface area contributed by atoms with Crippen molar-refractivity contribution in [1.82, 2.24) is 34.7 Å². The molecule has 0 spiro atoms. The molecule has 0 aliphatic carbocycles. The fourth-order valence-electron chi connectivity index (χ4n) is 3.32. The molecule has 1 saturated heterocycles. The van der Waals surface area contributed by atoms with E-state index in [9.17, 15) is 4.79 Å². The van der Waals surface area contributed by atoms with Crippen molar-refractivity contribution in [1.29, 1.82) is 0 Å². The van der Waals surface area contributed by atoms with Gasteiger partial charge in [-0.25, -0.2) is 14.6 Å². The van der Waals surface area contributed by atoms with Gasteiger partial charge >= 0.3 is 0 Å². The first kappa shape index (κ1) is 19.1. The summed E-state index contributed by atoms with van der Waals surface area (Å²) in [6, 6.07) is 0. The molecule has 1 amide bonds. The van der Waals surface area contributed by atoms with E-state index in [1.165, 1.54) is 31.0 Å². The Labute approximate surface area is 171 Å². The molecule has 0 bridgehead atoms. The first-order valence-electron chi connectivity index (χ1n) is 9.27. The summed E-state index contributed by atoms with van der Waals surface area (Å²) in [5.74, 6) is 0.813. The van der Waals surface area contributed by atoms with E-state index in [1.807, 2.05) is 17.1 Å². The van der Waals surface area contributed by atoms with Gasteiger partial charge in [0, 0.05) is 19.6 Å². The lowest BCUT2D eigenvalue weighted by Crippen LogP contribution is -2.30. The first-order valence-corrected chi connectivity index (χ1v) is 11.3. The third kappa shape index (κ3) is 3.81. The van der Waals surface area contributed by atoms with Gasteiger partial charge in [-0.1, -0.05) is 16.3 Å². The van der Waals surface area contributed by atoms with Crippen LogP contribution in [0.5, 0.6) is 0 Å². The summed E-state index contributed by atoms with van der Waals surface area (Å²) in [6.45, 7) is 4.80. The van der Waals surface area contributed by atoms with E-state index in [0.29, 0.717) is 23.7 Å². The number of amides is 1. The maximum atomic E-state index is 12.2. The van der Waals surface area contributed by atoms with Gasteiger partial charge in [-0.05, 0) is 44.0 Å². The van der Waals surface area contributed by atoms with Gasteiger partial charge in [0.1, 0.15) is 10.7 Å². The molecule has 1 N–H and O–H groups in total. The van der Waals surface area contributed by atoms with Crippen LogP contribution in [0.3, 0.4) is 0 Å². The van der Waals surface area contributed by atoms with E-state index < -0.39 is 0 Å². The molecular weight excluding hydrogens is 396 g/mol. The topological polar surface area (TPSA) is 102 Å². The predicted molar refractivity (Wildman–Crippen MR) is 110 cm³/mol. The Morgan fingerprint density at radius 3 is 2.82 bits per heavy atom. The number of hydrogen-bond acceptors (Lipinski definition) is 9. The van der Waals surface area contributed by atoms with Crippen LogP contribution >= 0.6 is 23.3 Å². The minimum absolute atomic E-state index is 0.155. The van der Waals surface area contributed by atoms with Crippen molar-refractivity contribution < 1.29 is 4.79 Å². The third-order valence-electron chi connectivity index (χ3n) is 4.76. The molecule has 3 aromatic heterocycles. The van der Waals surface area contributed by atoms with Crippen LogP contribution in [0.15, 0.2) is 11.4 Å². The standard InChI is InChI=1S/C17H22N8OS2/c1-11-13(28-23-22-11)16(26)18-6-9-25-15-12(10-19-25)14(20-17(21-15)27-2)24-7-4-3-5-8-24/h10H,3-9H2,1-2H3,(H,18,26). The summed E-state index contributed by atoms with van der Waals surface area (Å²) in [4.78, 5) is 24.5. The highest BCUT2D eigenvalue weighted by atomic mass is 32.2. The zero-order valence-corrected chi connectivity index (χ0v) is 17.5. The summed E-state index contributed by atoms with van der Waals surface area (Å²) in [6.07, 6.45) is 7.46. The molecule has 0 atom stereocenters. The SMILES string of the molecule is CSc1nc(N2CCCCC2)c2cnn(CCNC(=O)c3snnc3C)c2n1. The zero-order valence-electron chi connectivity index (χ0n) is 15.9. The van der Waals surface area contributed by atoms with Crippen LogP contribution in [0, 0.1) is 6.92 Å². The molecule has 11 heteroatoms. The number of nitrogens with zero attached hydrogens (tertiary/aromatic N) is 7. The van der Waals surface area contributed by atoms with Crippen LogP contribution in [-0.4, -0.2) is 61.1 Å². The molecule has 0 aromatic carbocycles. The number of rotatable bonds is 6. The van der Waals surface area contributed by atoms with Gasteiger partial charge in [0.05, 0.1) is 23.8 Å². The Hall–Kier alpha value is -2.27. The second-order valence-corrected chi connectivity index (χ2v) is 8.16. The van der Waals surface area contributed by atoms with Gasteiger partial charge in [0.2, 0.25) is 0 Å². The molecule has 1 aliphatic heterocycles. The number of hydrogen-bond donors (Lipinski definition) is 1.